The van der Waals surface area contributed by atoms with E-state index in [-0.39, 0.29) is 5.91 Å². The Labute approximate surface area is 111 Å². The van der Waals surface area contributed by atoms with Crippen molar-refractivity contribution in [2.45, 2.75) is 6.42 Å². The van der Waals surface area contributed by atoms with E-state index >= 15 is 0 Å². The molecule has 1 aliphatic heterocycles. The quantitative estimate of drug-likeness (QED) is 0.853. The van der Waals surface area contributed by atoms with E-state index in [1.807, 2.05) is 0 Å². The summed E-state index contributed by atoms with van der Waals surface area (Å²) in [5.74, 6) is -2.37. The number of carbonyl (C=O) groups excluding carboxylic acids is 1. The molecule has 0 aliphatic carbocycles. The number of carbonyl (C=O) groups is 2. The first kappa shape index (κ1) is 12.4. The number of hydrogen-bond acceptors (Lipinski definition) is 2. The Bertz CT molecular complexity index is 492. The largest absolute Gasteiger partial charge is 0.481 e. The van der Waals surface area contributed by atoms with Gasteiger partial charge in [-0.05, 0) is 40.5 Å². The predicted molar refractivity (Wildman–Crippen MR) is 67.2 cm³/mol. The lowest BCUT2D eigenvalue weighted by Gasteiger charge is -2.17. The third kappa shape index (κ3) is 2.30. The van der Waals surface area contributed by atoms with Gasteiger partial charge in [-0.15, -0.1) is 0 Å². The van der Waals surface area contributed by atoms with Gasteiger partial charge >= 0.3 is 5.97 Å². The number of carboxylic acid groups (broad SMARTS) is 1. The lowest BCUT2D eigenvalue weighted by molar-refractivity contribution is -0.144. The van der Waals surface area contributed by atoms with E-state index in [1.54, 1.807) is 18.2 Å². The SMILES string of the molecule is O=C(O)C1CCN(c2ccc(Cl)cc2Br)C1=O. The highest BCUT2D eigenvalue weighted by molar-refractivity contribution is 9.10. The lowest BCUT2D eigenvalue weighted by Crippen LogP contribution is -2.30. The minimum atomic E-state index is -1.07. The van der Waals surface area contributed by atoms with Crippen molar-refractivity contribution in [1.29, 1.82) is 0 Å². The molecule has 0 radical (unpaired) electrons. The van der Waals surface area contributed by atoms with Crippen LogP contribution in [0.2, 0.25) is 5.02 Å². The Morgan fingerprint density at radius 3 is 2.76 bits per heavy atom. The van der Waals surface area contributed by atoms with E-state index in [0.29, 0.717) is 28.1 Å². The van der Waals surface area contributed by atoms with Gasteiger partial charge in [0.05, 0.1) is 5.69 Å². The normalized spacial score (nSPS) is 19.8. The van der Waals surface area contributed by atoms with Crippen LogP contribution in [0, 0.1) is 5.92 Å². The average Bonchev–Trinajstić information content (AvgIpc) is 2.60. The number of hydrogen-bond donors (Lipinski definition) is 1. The smallest absolute Gasteiger partial charge is 0.316 e. The number of amides is 1. The molecule has 0 aromatic heterocycles. The van der Waals surface area contributed by atoms with Crippen LogP contribution in [-0.2, 0) is 9.59 Å². The molecule has 1 aliphatic rings. The monoisotopic (exact) mass is 317 g/mol. The van der Waals surface area contributed by atoms with Gasteiger partial charge in [0.25, 0.3) is 0 Å². The molecule has 1 saturated heterocycles. The van der Waals surface area contributed by atoms with Gasteiger partial charge in [0.15, 0.2) is 0 Å². The first-order valence-corrected chi connectivity index (χ1v) is 6.17. The van der Waals surface area contributed by atoms with Crippen molar-refractivity contribution in [3.8, 4) is 0 Å². The van der Waals surface area contributed by atoms with Gasteiger partial charge < -0.3 is 10.0 Å². The number of anilines is 1. The predicted octanol–water partition coefficient (Wildman–Crippen LogP) is 2.54. The summed E-state index contributed by atoms with van der Waals surface area (Å²) >= 11 is 9.13. The minimum Gasteiger partial charge on any atom is -0.481 e. The second-order valence-electron chi connectivity index (χ2n) is 3.77. The highest BCUT2D eigenvalue weighted by atomic mass is 79.9. The molecule has 1 N–H and O–H groups in total. The molecular formula is C11H9BrClNO3. The molecule has 2 rings (SSSR count). The van der Waals surface area contributed by atoms with E-state index in [2.05, 4.69) is 15.9 Å². The Hall–Kier alpha value is -1.07. The first-order chi connectivity index (χ1) is 8.00. The van der Waals surface area contributed by atoms with E-state index in [4.69, 9.17) is 16.7 Å². The Morgan fingerprint density at radius 1 is 1.53 bits per heavy atom. The third-order valence-corrected chi connectivity index (χ3v) is 3.57. The highest BCUT2D eigenvalue weighted by Crippen LogP contribution is 2.33. The van der Waals surface area contributed by atoms with Gasteiger partial charge in [-0.25, -0.2) is 0 Å². The second kappa shape index (κ2) is 4.66. The molecule has 0 saturated carbocycles. The van der Waals surface area contributed by atoms with E-state index < -0.39 is 11.9 Å². The highest BCUT2D eigenvalue weighted by Gasteiger charge is 2.38. The maximum absolute atomic E-state index is 11.9. The van der Waals surface area contributed by atoms with E-state index in [9.17, 15) is 9.59 Å². The summed E-state index contributed by atoms with van der Waals surface area (Å²) in [6, 6.07) is 5.05. The Balaban J connectivity index is 2.30. The number of halogens is 2. The zero-order valence-corrected chi connectivity index (χ0v) is 11.0. The number of carboxylic acids is 1. The van der Waals surface area contributed by atoms with Gasteiger partial charge in [0.2, 0.25) is 5.91 Å². The minimum absolute atomic E-state index is 0.337. The summed E-state index contributed by atoms with van der Waals surface area (Å²) in [4.78, 5) is 24.2. The summed E-state index contributed by atoms with van der Waals surface area (Å²) in [6.45, 7) is 0.413. The fraction of sp³-hybridized carbons (Fsp3) is 0.273. The maximum Gasteiger partial charge on any atom is 0.316 e. The molecule has 0 spiro atoms. The van der Waals surface area contributed by atoms with Crippen LogP contribution in [0.5, 0.6) is 0 Å². The summed E-state index contributed by atoms with van der Waals surface area (Å²) in [6.07, 6.45) is 0.337. The second-order valence-corrected chi connectivity index (χ2v) is 5.06. The Morgan fingerprint density at radius 2 is 2.24 bits per heavy atom. The molecule has 1 unspecified atom stereocenters. The molecule has 4 nitrogen and oxygen atoms in total. The number of benzene rings is 1. The Kier molecular flexibility index (Phi) is 3.40. The summed E-state index contributed by atoms with van der Waals surface area (Å²) < 4.78 is 0.685. The molecule has 0 bridgehead atoms. The number of rotatable bonds is 2. The molecule has 1 amide bonds. The standard InChI is InChI=1S/C11H9BrClNO3/c12-8-5-6(13)1-2-9(8)14-4-3-7(10(14)15)11(16)17/h1-2,5,7H,3-4H2,(H,16,17). The van der Waals surface area contributed by atoms with Crippen molar-refractivity contribution in [3.63, 3.8) is 0 Å². The molecule has 1 fully saturated rings. The van der Waals surface area contributed by atoms with Gasteiger partial charge in [-0.2, -0.15) is 0 Å². The van der Waals surface area contributed by atoms with Crippen LogP contribution in [0.25, 0.3) is 0 Å². The van der Waals surface area contributed by atoms with Gasteiger partial charge in [0, 0.05) is 16.0 Å². The molecule has 17 heavy (non-hydrogen) atoms. The van der Waals surface area contributed by atoms with Crippen LogP contribution in [0.3, 0.4) is 0 Å². The summed E-state index contributed by atoms with van der Waals surface area (Å²) in [5, 5.41) is 9.44. The van der Waals surface area contributed by atoms with Crippen molar-refractivity contribution in [3.05, 3.63) is 27.7 Å². The number of aliphatic carboxylic acids is 1. The van der Waals surface area contributed by atoms with Gasteiger partial charge in [-0.3, -0.25) is 9.59 Å². The van der Waals surface area contributed by atoms with E-state index in [0.717, 1.165) is 0 Å². The van der Waals surface area contributed by atoms with E-state index in [1.165, 1.54) is 4.90 Å². The van der Waals surface area contributed by atoms with Crippen LogP contribution in [0.1, 0.15) is 6.42 Å². The topological polar surface area (TPSA) is 57.6 Å². The zero-order chi connectivity index (χ0) is 12.6. The fourth-order valence-corrected chi connectivity index (χ4v) is 2.75. The molecule has 6 heteroatoms. The molecule has 1 heterocycles. The summed E-state index contributed by atoms with van der Waals surface area (Å²) in [5.41, 5.74) is 0.656. The van der Waals surface area contributed by atoms with Gasteiger partial charge in [-0.1, -0.05) is 11.6 Å². The molecule has 1 aromatic carbocycles. The first-order valence-electron chi connectivity index (χ1n) is 5.00. The molecule has 1 aromatic rings. The van der Waals surface area contributed by atoms with Crippen molar-refractivity contribution < 1.29 is 14.7 Å². The van der Waals surface area contributed by atoms with Crippen LogP contribution >= 0.6 is 27.5 Å². The summed E-state index contributed by atoms with van der Waals surface area (Å²) in [7, 11) is 0. The third-order valence-electron chi connectivity index (χ3n) is 2.70. The van der Waals surface area contributed by atoms with Crippen molar-refractivity contribution in [1.82, 2.24) is 0 Å². The van der Waals surface area contributed by atoms with Gasteiger partial charge in [0.1, 0.15) is 5.92 Å². The molecule has 90 valence electrons. The van der Waals surface area contributed by atoms with Crippen LogP contribution in [0.15, 0.2) is 22.7 Å². The molecule has 1 atom stereocenters. The lowest BCUT2D eigenvalue weighted by atomic mass is 10.1. The molecular weight excluding hydrogens is 309 g/mol. The van der Waals surface area contributed by atoms with Crippen LogP contribution in [0.4, 0.5) is 5.69 Å². The van der Waals surface area contributed by atoms with Crippen molar-refractivity contribution in [2.75, 3.05) is 11.4 Å². The average molecular weight is 319 g/mol. The fourth-order valence-electron chi connectivity index (χ4n) is 1.85. The number of nitrogens with zero attached hydrogens (tertiary/aromatic N) is 1. The zero-order valence-electron chi connectivity index (χ0n) is 8.69. The van der Waals surface area contributed by atoms with Crippen LogP contribution < -0.4 is 4.90 Å². The van der Waals surface area contributed by atoms with Crippen LogP contribution in [-0.4, -0.2) is 23.5 Å². The van der Waals surface area contributed by atoms with Crippen molar-refractivity contribution in [2.24, 2.45) is 5.92 Å². The maximum atomic E-state index is 11.9. The van der Waals surface area contributed by atoms with Crippen molar-refractivity contribution >= 4 is 45.1 Å².